The van der Waals surface area contributed by atoms with Gasteiger partial charge in [-0.25, -0.2) is 4.79 Å². The van der Waals surface area contributed by atoms with Gasteiger partial charge in [0.15, 0.2) is 0 Å². The zero-order chi connectivity index (χ0) is 12.4. The average Bonchev–Trinajstić information content (AvgIpc) is 2.24. The molecule has 4 nitrogen and oxygen atoms in total. The predicted octanol–water partition coefficient (Wildman–Crippen LogP) is 2.52. The van der Waals surface area contributed by atoms with Gasteiger partial charge in [-0.2, -0.15) is 0 Å². The maximum atomic E-state index is 11.3. The summed E-state index contributed by atoms with van der Waals surface area (Å²) in [6, 6.07) is 0. The lowest BCUT2D eigenvalue weighted by Gasteiger charge is -2.02. The molecule has 92 valence electrons. The summed E-state index contributed by atoms with van der Waals surface area (Å²) in [5, 5.41) is 9.04. The third kappa shape index (κ3) is 8.47. The Hall–Kier alpha value is -0.840. The van der Waals surface area contributed by atoms with E-state index < -0.39 is 5.97 Å². The zero-order valence-electron chi connectivity index (χ0n) is 9.37. The summed E-state index contributed by atoms with van der Waals surface area (Å²) < 4.78 is 4.90. The highest BCUT2D eigenvalue weighted by Crippen LogP contribution is 2.05. The first-order chi connectivity index (χ1) is 7.57. The quantitative estimate of drug-likeness (QED) is 0.323. The molecule has 0 aliphatic rings. The molecule has 0 aromatic heterocycles. The van der Waals surface area contributed by atoms with Crippen LogP contribution in [0.5, 0.6) is 0 Å². The van der Waals surface area contributed by atoms with Gasteiger partial charge in [0, 0.05) is 17.3 Å². The largest absolute Gasteiger partial charge is 0.481 e. The second kappa shape index (κ2) is 9.39. The molecular formula is C11H17BrO4. The smallest absolute Gasteiger partial charge is 0.333 e. The Labute approximate surface area is 104 Å². The second-order valence-corrected chi connectivity index (χ2v) is 4.14. The molecular weight excluding hydrogens is 276 g/mol. The molecule has 0 rings (SSSR count). The van der Waals surface area contributed by atoms with Gasteiger partial charge in [0.05, 0.1) is 0 Å². The lowest BCUT2D eigenvalue weighted by molar-refractivity contribution is -0.138. The molecule has 0 aliphatic carbocycles. The van der Waals surface area contributed by atoms with Crippen molar-refractivity contribution in [2.45, 2.75) is 32.6 Å². The molecule has 0 bridgehead atoms. The number of unbranched alkanes of at least 4 members (excludes halogenated alkanes) is 2. The first kappa shape index (κ1) is 15.2. The number of carboxylic acids is 1. The molecule has 16 heavy (non-hydrogen) atoms. The Morgan fingerprint density at radius 2 is 2.06 bits per heavy atom. The number of alkyl halides is 1. The van der Waals surface area contributed by atoms with Crippen LogP contribution in [0, 0.1) is 0 Å². The van der Waals surface area contributed by atoms with Gasteiger partial charge >= 0.3 is 11.9 Å². The van der Waals surface area contributed by atoms with E-state index in [1.165, 1.54) is 0 Å². The molecule has 0 aromatic rings. The molecule has 0 spiro atoms. The van der Waals surface area contributed by atoms with Gasteiger partial charge in [-0.3, -0.25) is 4.79 Å². The van der Waals surface area contributed by atoms with Crippen LogP contribution in [0.3, 0.4) is 0 Å². The number of carbonyl (C=O) groups excluding carboxylic acids is 1. The van der Waals surface area contributed by atoms with E-state index >= 15 is 0 Å². The molecule has 0 fully saturated rings. The highest BCUT2D eigenvalue weighted by molar-refractivity contribution is 9.09. The second-order valence-electron chi connectivity index (χ2n) is 3.35. The lowest BCUT2D eigenvalue weighted by Crippen LogP contribution is -2.07. The third-order valence-electron chi connectivity index (χ3n) is 1.93. The topological polar surface area (TPSA) is 63.6 Å². The van der Waals surface area contributed by atoms with Crippen molar-refractivity contribution in [3.05, 3.63) is 11.6 Å². The molecule has 5 heteroatoms. The van der Waals surface area contributed by atoms with Gasteiger partial charge in [-0.15, -0.1) is 0 Å². The molecule has 0 radical (unpaired) electrons. The summed E-state index contributed by atoms with van der Waals surface area (Å²) >= 11 is 3.16. The summed E-state index contributed by atoms with van der Waals surface area (Å²) in [6.45, 7) is 2.07. The molecule has 0 aromatic carbocycles. The summed E-state index contributed by atoms with van der Waals surface area (Å²) in [4.78, 5) is 21.5. The normalized spacial score (nSPS) is 11.2. The van der Waals surface area contributed by atoms with Gasteiger partial charge in [0.2, 0.25) is 0 Å². The van der Waals surface area contributed by atoms with Crippen LogP contribution in [0.25, 0.3) is 0 Å². The molecule has 0 atom stereocenters. The molecule has 0 saturated heterocycles. The fraction of sp³-hybridized carbons (Fsp3) is 0.636. The average molecular weight is 293 g/mol. The maximum Gasteiger partial charge on any atom is 0.333 e. The van der Waals surface area contributed by atoms with Crippen molar-refractivity contribution in [3.8, 4) is 0 Å². The Morgan fingerprint density at radius 1 is 1.38 bits per heavy atom. The number of hydrogen-bond acceptors (Lipinski definition) is 3. The zero-order valence-corrected chi connectivity index (χ0v) is 11.0. The van der Waals surface area contributed by atoms with E-state index in [4.69, 9.17) is 9.84 Å². The summed E-state index contributed by atoms with van der Waals surface area (Å²) in [5.41, 5.74) is 0.580. The van der Waals surface area contributed by atoms with E-state index in [2.05, 4.69) is 15.9 Å². The maximum absolute atomic E-state index is 11.3. The Balaban J connectivity index is 3.69. The fourth-order valence-corrected chi connectivity index (χ4v) is 1.23. The van der Waals surface area contributed by atoms with Crippen molar-refractivity contribution >= 4 is 27.9 Å². The van der Waals surface area contributed by atoms with Crippen molar-refractivity contribution in [1.29, 1.82) is 0 Å². The number of esters is 1. The number of hydrogen-bond donors (Lipinski definition) is 1. The van der Waals surface area contributed by atoms with Crippen molar-refractivity contribution in [2.75, 3.05) is 11.9 Å². The van der Waals surface area contributed by atoms with Crippen LogP contribution in [-0.2, 0) is 14.3 Å². The SMILES string of the molecule is C/C(=C\CCCCC(=O)O)C(=O)OCCBr. The summed E-state index contributed by atoms with van der Waals surface area (Å²) in [6.07, 6.45) is 4.09. The highest BCUT2D eigenvalue weighted by atomic mass is 79.9. The summed E-state index contributed by atoms with van der Waals surface area (Å²) in [7, 11) is 0. The monoisotopic (exact) mass is 292 g/mol. The minimum atomic E-state index is -0.780. The molecule has 0 unspecified atom stereocenters. The molecule has 0 heterocycles. The summed E-state index contributed by atoms with van der Waals surface area (Å²) in [5.74, 6) is -1.09. The molecule has 1 N–H and O–H groups in total. The van der Waals surface area contributed by atoms with E-state index in [0.717, 1.165) is 6.42 Å². The number of ether oxygens (including phenoxy) is 1. The van der Waals surface area contributed by atoms with Gasteiger partial charge in [0.1, 0.15) is 6.61 Å². The van der Waals surface area contributed by atoms with E-state index in [1.54, 1.807) is 13.0 Å². The van der Waals surface area contributed by atoms with Crippen LogP contribution in [0.1, 0.15) is 32.6 Å². The number of carbonyl (C=O) groups is 2. The first-order valence-electron chi connectivity index (χ1n) is 5.19. The van der Waals surface area contributed by atoms with Crippen LogP contribution >= 0.6 is 15.9 Å². The Kier molecular flexibility index (Phi) is 8.90. The van der Waals surface area contributed by atoms with E-state index in [0.29, 0.717) is 30.4 Å². The van der Waals surface area contributed by atoms with Gasteiger partial charge in [-0.1, -0.05) is 22.0 Å². The number of halogens is 1. The number of aliphatic carboxylic acids is 1. The third-order valence-corrected chi connectivity index (χ3v) is 2.25. The van der Waals surface area contributed by atoms with E-state index in [1.807, 2.05) is 0 Å². The Morgan fingerprint density at radius 3 is 2.62 bits per heavy atom. The molecule has 0 aliphatic heterocycles. The molecule has 0 amide bonds. The van der Waals surface area contributed by atoms with Crippen LogP contribution < -0.4 is 0 Å². The van der Waals surface area contributed by atoms with Crippen molar-refractivity contribution in [2.24, 2.45) is 0 Å². The lowest BCUT2D eigenvalue weighted by atomic mass is 10.1. The fourth-order valence-electron chi connectivity index (χ4n) is 1.07. The van der Waals surface area contributed by atoms with Crippen molar-refractivity contribution < 1.29 is 19.4 Å². The van der Waals surface area contributed by atoms with Gasteiger partial charge < -0.3 is 9.84 Å². The van der Waals surface area contributed by atoms with Gasteiger partial charge in [0.25, 0.3) is 0 Å². The van der Waals surface area contributed by atoms with Gasteiger partial charge in [-0.05, 0) is 26.2 Å². The van der Waals surface area contributed by atoms with Crippen molar-refractivity contribution in [3.63, 3.8) is 0 Å². The standard InChI is InChI=1S/C11H17BrO4/c1-9(11(15)16-8-7-12)5-3-2-4-6-10(13)14/h5H,2-4,6-8H2,1H3,(H,13,14)/b9-5+. The van der Waals surface area contributed by atoms with Crippen molar-refractivity contribution in [1.82, 2.24) is 0 Å². The highest BCUT2D eigenvalue weighted by Gasteiger charge is 2.04. The minimum absolute atomic E-state index is 0.181. The van der Waals surface area contributed by atoms with E-state index in [-0.39, 0.29) is 12.4 Å². The number of rotatable bonds is 8. The number of carboxylic acid groups (broad SMARTS) is 1. The van der Waals surface area contributed by atoms with Crippen LogP contribution in [0.4, 0.5) is 0 Å². The van der Waals surface area contributed by atoms with Crippen LogP contribution in [-0.4, -0.2) is 29.0 Å². The van der Waals surface area contributed by atoms with E-state index in [9.17, 15) is 9.59 Å². The Bertz CT molecular complexity index is 261. The van der Waals surface area contributed by atoms with Crippen LogP contribution in [0.15, 0.2) is 11.6 Å². The predicted molar refractivity (Wildman–Crippen MR) is 64.6 cm³/mol. The first-order valence-corrected chi connectivity index (χ1v) is 6.31. The van der Waals surface area contributed by atoms with Crippen LogP contribution in [0.2, 0.25) is 0 Å². The molecule has 0 saturated carbocycles. The number of allylic oxidation sites excluding steroid dienone is 1. The minimum Gasteiger partial charge on any atom is -0.481 e.